The normalized spacial score (nSPS) is 11.6. The van der Waals surface area contributed by atoms with Gasteiger partial charge in [-0.25, -0.2) is 4.98 Å². The van der Waals surface area contributed by atoms with Gasteiger partial charge in [0.1, 0.15) is 0 Å². The number of nitrogens with one attached hydrogen (secondary N) is 2. The highest BCUT2D eigenvalue weighted by atomic mass is 35.5. The van der Waals surface area contributed by atoms with Crippen LogP contribution in [-0.2, 0) is 11.2 Å². The lowest BCUT2D eigenvalue weighted by atomic mass is 10.1. The van der Waals surface area contributed by atoms with Gasteiger partial charge in [-0.15, -0.1) is 0 Å². The van der Waals surface area contributed by atoms with Crippen molar-refractivity contribution in [2.24, 2.45) is 4.99 Å². The van der Waals surface area contributed by atoms with E-state index < -0.39 is 0 Å². The molecule has 1 amide bonds. The monoisotopic (exact) mass is 429 g/mol. The highest BCUT2D eigenvalue weighted by Gasteiger charge is 2.12. The SMILES string of the molecule is CC(C)n1ccnc1/N=C(/NC(=O)Cc1ccccc1)Nc1ccc(Cl)c(Cl)c1. The minimum atomic E-state index is -0.204. The van der Waals surface area contributed by atoms with Crippen molar-refractivity contribution in [3.05, 3.63) is 76.5 Å². The number of hydrogen-bond donors (Lipinski definition) is 2. The predicted octanol–water partition coefficient (Wildman–Crippen LogP) is 5.23. The Hall–Kier alpha value is -2.83. The Labute approximate surface area is 179 Å². The van der Waals surface area contributed by atoms with Gasteiger partial charge in [-0.05, 0) is 37.6 Å². The lowest BCUT2D eigenvalue weighted by Gasteiger charge is -2.14. The Morgan fingerprint density at radius 2 is 1.90 bits per heavy atom. The molecule has 0 radical (unpaired) electrons. The van der Waals surface area contributed by atoms with E-state index in [9.17, 15) is 4.79 Å². The van der Waals surface area contributed by atoms with Gasteiger partial charge in [0.05, 0.1) is 16.5 Å². The average Bonchev–Trinajstić information content (AvgIpc) is 3.14. The Morgan fingerprint density at radius 3 is 2.59 bits per heavy atom. The molecule has 1 heterocycles. The number of carbonyl (C=O) groups is 1. The summed E-state index contributed by atoms with van der Waals surface area (Å²) in [5.41, 5.74) is 1.54. The number of anilines is 1. The van der Waals surface area contributed by atoms with E-state index in [1.165, 1.54) is 0 Å². The van der Waals surface area contributed by atoms with Gasteiger partial charge < -0.3 is 9.88 Å². The number of imidazole rings is 1. The van der Waals surface area contributed by atoms with Crippen LogP contribution in [0.4, 0.5) is 11.6 Å². The van der Waals surface area contributed by atoms with Gasteiger partial charge in [0.2, 0.25) is 17.8 Å². The number of rotatable bonds is 5. The van der Waals surface area contributed by atoms with E-state index in [-0.39, 0.29) is 24.3 Å². The number of aromatic nitrogens is 2. The summed E-state index contributed by atoms with van der Waals surface area (Å²) in [6.45, 7) is 4.06. The second-order valence-electron chi connectivity index (χ2n) is 6.65. The summed E-state index contributed by atoms with van der Waals surface area (Å²) in [4.78, 5) is 21.4. The molecule has 0 aliphatic heterocycles. The molecule has 0 saturated heterocycles. The lowest BCUT2D eigenvalue weighted by molar-refractivity contribution is -0.119. The van der Waals surface area contributed by atoms with Crippen LogP contribution < -0.4 is 10.6 Å². The maximum absolute atomic E-state index is 12.6. The van der Waals surface area contributed by atoms with Crippen molar-refractivity contribution in [2.75, 3.05) is 5.32 Å². The van der Waals surface area contributed by atoms with Crippen LogP contribution in [0.25, 0.3) is 0 Å². The molecule has 2 aromatic carbocycles. The van der Waals surface area contributed by atoms with Crippen molar-refractivity contribution in [3.8, 4) is 0 Å². The maximum Gasteiger partial charge on any atom is 0.232 e. The molecule has 6 nitrogen and oxygen atoms in total. The number of halogens is 2. The zero-order chi connectivity index (χ0) is 20.8. The van der Waals surface area contributed by atoms with E-state index in [2.05, 4.69) is 20.6 Å². The zero-order valence-corrected chi connectivity index (χ0v) is 17.6. The fraction of sp³-hybridized carbons (Fsp3) is 0.190. The summed E-state index contributed by atoms with van der Waals surface area (Å²) in [5.74, 6) is 0.519. The van der Waals surface area contributed by atoms with Crippen molar-refractivity contribution in [1.82, 2.24) is 14.9 Å². The zero-order valence-electron chi connectivity index (χ0n) is 16.1. The average molecular weight is 430 g/mol. The second kappa shape index (κ2) is 9.58. The molecule has 3 rings (SSSR count). The maximum atomic E-state index is 12.6. The van der Waals surface area contributed by atoms with E-state index >= 15 is 0 Å². The van der Waals surface area contributed by atoms with Gasteiger partial charge >= 0.3 is 0 Å². The van der Waals surface area contributed by atoms with Gasteiger partial charge in [-0.1, -0.05) is 53.5 Å². The summed E-state index contributed by atoms with van der Waals surface area (Å²) >= 11 is 12.1. The molecule has 29 heavy (non-hydrogen) atoms. The van der Waals surface area contributed by atoms with Crippen LogP contribution in [-0.4, -0.2) is 21.4 Å². The summed E-state index contributed by atoms with van der Waals surface area (Å²) < 4.78 is 1.90. The van der Waals surface area contributed by atoms with Crippen molar-refractivity contribution in [1.29, 1.82) is 0 Å². The van der Waals surface area contributed by atoms with Gasteiger partial charge in [-0.3, -0.25) is 10.1 Å². The lowest BCUT2D eigenvalue weighted by Crippen LogP contribution is -2.37. The molecule has 0 aliphatic carbocycles. The third kappa shape index (κ3) is 5.82. The van der Waals surface area contributed by atoms with E-state index in [1.54, 1.807) is 24.4 Å². The van der Waals surface area contributed by atoms with Crippen LogP contribution >= 0.6 is 23.2 Å². The van der Waals surface area contributed by atoms with Crippen molar-refractivity contribution < 1.29 is 4.79 Å². The molecule has 1 aromatic heterocycles. The first-order chi connectivity index (χ1) is 13.9. The molecule has 0 spiro atoms. The molecule has 2 N–H and O–H groups in total. The van der Waals surface area contributed by atoms with E-state index in [4.69, 9.17) is 23.2 Å². The Morgan fingerprint density at radius 1 is 1.14 bits per heavy atom. The van der Waals surface area contributed by atoms with Crippen LogP contribution in [0.3, 0.4) is 0 Å². The number of hydrogen-bond acceptors (Lipinski definition) is 3. The fourth-order valence-corrected chi connectivity index (χ4v) is 2.95. The number of nitrogens with zero attached hydrogens (tertiary/aromatic N) is 3. The first-order valence-electron chi connectivity index (χ1n) is 9.09. The number of aliphatic imine (C=N–C) groups is 1. The standard InChI is InChI=1S/C21H21Cl2N5O/c1-14(2)28-11-10-24-21(28)27-20(25-16-8-9-17(22)18(23)13-16)26-19(29)12-15-6-4-3-5-7-15/h3-11,13-14H,12H2,1-2H3,(H2,24,25,26,27,29). The summed E-state index contributed by atoms with van der Waals surface area (Å²) in [6, 6.07) is 14.7. The molecule has 3 aromatic rings. The third-order valence-corrected chi connectivity index (χ3v) is 4.80. The van der Waals surface area contributed by atoms with Crippen LogP contribution in [0, 0.1) is 0 Å². The van der Waals surface area contributed by atoms with Gasteiger partial charge in [0, 0.05) is 24.1 Å². The molecule has 0 aliphatic rings. The summed E-state index contributed by atoms with van der Waals surface area (Å²) in [7, 11) is 0. The Bertz CT molecular complexity index is 1010. The molecule has 0 unspecified atom stereocenters. The number of guanidine groups is 1. The number of benzene rings is 2. The fourth-order valence-electron chi connectivity index (χ4n) is 2.65. The first kappa shape index (κ1) is 20.9. The predicted molar refractivity (Wildman–Crippen MR) is 118 cm³/mol. The number of carbonyl (C=O) groups excluding carboxylic acids is 1. The molecule has 150 valence electrons. The van der Waals surface area contributed by atoms with E-state index in [0.29, 0.717) is 21.7 Å². The van der Waals surface area contributed by atoms with Crippen molar-refractivity contribution in [2.45, 2.75) is 26.3 Å². The van der Waals surface area contributed by atoms with Crippen molar-refractivity contribution in [3.63, 3.8) is 0 Å². The van der Waals surface area contributed by atoms with Crippen molar-refractivity contribution >= 4 is 46.7 Å². The largest absolute Gasteiger partial charge is 0.326 e. The second-order valence-corrected chi connectivity index (χ2v) is 7.47. The first-order valence-corrected chi connectivity index (χ1v) is 9.85. The number of amides is 1. The third-order valence-electron chi connectivity index (χ3n) is 4.06. The molecular formula is C21H21Cl2N5O. The molecule has 0 fully saturated rings. The minimum absolute atomic E-state index is 0.169. The van der Waals surface area contributed by atoms with Crippen LogP contribution in [0.5, 0.6) is 0 Å². The van der Waals surface area contributed by atoms with Crippen LogP contribution in [0.1, 0.15) is 25.5 Å². The van der Waals surface area contributed by atoms with Gasteiger partial charge in [0.15, 0.2) is 0 Å². The van der Waals surface area contributed by atoms with Gasteiger partial charge in [0.25, 0.3) is 0 Å². The summed E-state index contributed by atoms with van der Waals surface area (Å²) in [5, 5.41) is 6.75. The van der Waals surface area contributed by atoms with E-state index in [1.807, 2.05) is 54.9 Å². The highest BCUT2D eigenvalue weighted by Crippen LogP contribution is 2.25. The minimum Gasteiger partial charge on any atom is -0.326 e. The Kier molecular flexibility index (Phi) is 6.90. The summed E-state index contributed by atoms with van der Waals surface area (Å²) in [6.07, 6.45) is 3.73. The topological polar surface area (TPSA) is 71.3 Å². The molecule has 0 atom stereocenters. The molecule has 8 heteroatoms. The Balaban J connectivity index is 1.86. The molecule has 0 saturated carbocycles. The molecule has 0 bridgehead atoms. The van der Waals surface area contributed by atoms with Crippen LogP contribution in [0.15, 0.2) is 65.9 Å². The molecular weight excluding hydrogens is 409 g/mol. The quantitative estimate of drug-likeness (QED) is 0.430. The van der Waals surface area contributed by atoms with E-state index in [0.717, 1.165) is 5.56 Å². The highest BCUT2D eigenvalue weighted by molar-refractivity contribution is 6.42. The smallest absolute Gasteiger partial charge is 0.232 e. The van der Waals surface area contributed by atoms with Crippen LogP contribution in [0.2, 0.25) is 10.0 Å². The van der Waals surface area contributed by atoms with Gasteiger partial charge in [-0.2, -0.15) is 4.99 Å².